The van der Waals surface area contributed by atoms with Gasteiger partial charge in [0.1, 0.15) is 5.75 Å². The van der Waals surface area contributed by atoms with Gasteiger partial charge in [-0.3, -0.25) is 0 Å². The molecule has 2 aromatic rings. The minimum atomic E-state index is -0.127. The van der Waals surface area contributed by atoms with Gasteiger partial charge in [0.25, 0.3) is 0 Å². The molecule has 3 rings (SSSR count). The van der Waals surface area contributed by atoms with Crippen molar-refractivity contribution in [3.8, 4) is 17.2 Å². The number of ether oxygens (including phenoxy) is 1. The smallest absolute Gasteiger partial charge is 0.157 e. The molecule has 1 aliphatic heterocycles. The zero-order chi connectivity index (χ0) is 17.1. The number of rotatable bonds is 3. The lowest BCUT2D eigenvalue weighted by Crippen LogP contribution is -2.09. The summed E-state index contributed by atoms with van der Waals surface area (Å²) in [5.74, 6) is 0.575. The van der Waals surface area contributed by atoms with Crippen LogP contribution in [0.2, 0.25) is 0 Å². The molecule has 24 heavy (non-hydrogen) atoms. The highest BCUT2D eigenvalue weighted by molar-refractivity contribution is 5.82. The summed E-state index contributed by atoms with van der Waals surface area (Å²) in [5.41, 5.74) is 3.96. The van der Waals surface area contributed by atoms with Crippen molar-refractivity contribution in [3.05, 3.63) is 72.0 Å². The fourth-order valence-electron chi connectivity index (χ4n) is 2.45. The zero-order valence-corrected chi connectivity index (χ0v) is 13.6. The topological polar surface area (TPSA) is 52.9 Å². The molecule has 122 valence electrons. The Balaban J connectivity index is 1.86. The standard InChI is InChI=1S/C20H19NO3/c1-21(2)16-7-8-17-15(10-11-24-20(17)13-16)5-3-4-14-6-9-18(22)19(23)12-14/h3-13,22-23H,1-2H3. The SMILES string of the molecule is CN(C)c1ccc2c(c1)OC=CC2=CC=Cc1ccc(O)c(O)c1. The third-order valence-electron chi connectivity index (χ3n) is 3.80. The molecule has 4 nitrogen and oxygen atoms in total. The number of phenols is 2. The second-order valence-electron chi connectivity index (χ2n) is 5.72. The predicted molar refractivity (Wildman–Crippen MR) is 97.3 cm³/mol. The van der Waals surface area contributed by atoms with Crippen molar-refractivity contribution >= 4 is 17.3 Å². The van der Waals surface area contributed by atoms with Crippen LogP contribution in [-0.2, 0) is 0 Å². The summed E-state index contributed by atoms with van der Waals surface area (Å²) in [6.07, 6.45) is 9.34. The maximum absolute atomic E-state index is 9.52. The van der Waals surface area contributed by atoms with Crippen molar-refractivity contribution in [1.29, 1.82) is 0 Å². The van der Waals surface area contributed by atoms with Gasteiger partial charge in [0.05, 0.1) is 6.26 Å². The van der Waals surface area contributed by atoms with E-state index in [-0.39, 0.29) is 11.5 Å². The zero-order valence-electron chi connectivity index (χ0n) is 13.6. The predicted octanol–water partition coefficient (Wildman–Crippen LogP) is 4.17. The van der Waals surface area contributed by atoms with E-state index in [1.807, 2.05) is 55.4 Å². The summed E-state index contributed by atoms with van der Waals surface area (Å²) >= 11 is 0. The van der Waals surface area contributed by atoms with Gasteiger partial charge in [-0.05, 0) is 41.5 Å². The average molecular weight is 321 g/mol. The molecule has 0 fully saturated rings. The molecule has 0 saturated carbocycles. The molecule has 2 N–H and O–H groups in total. The number of hydrogen-bond donors (Lipinski definition) is 2. The van der Waals surface area contributed by atoms with Gasteiger partial charge in [0.2, 0.25) is 0 Å². The highest BCUT2D eigenvalue weighted by atomic mass is 16.5. The van der Waals surface area contributed by atoms with Gasteiger partial charge in [-0.1, -0.05) is 24.3 Å². The van der Waals surface area contributed by atoms with E-state index in [1.165, 1.54) is 12.1 Å². The van der Waals surface area contributed by atoms with Crippen LogP contribution in [0.4, 0.5) is 5.69 Å². The first-order valence-electron chi connectivity index (χ1n) is 7.60. The second kappa shape index (κ2) is 6.54. The molecule has 0 unspecified atom stereocenters. The minimum absolute atomic E-state index is 0.122. The maximum atomic E-state index is 9.52. The molecular weight excluding hydrogens is 302 g/mol. The van der Waals surface area contributed by atoms with Crippen LogP contribution in [0.5, 0.6) is 17.2 Å². The van der Waals surface area contributed by atoms with Gasteiger partial charge in [0.15, 0.2) is 11.5 Å². The van der Waals surface area contributed by atoms with Gasteiger partial charge in [-0.2, -0.15) is 0 Å². The summed E-state index contributed by atoms with van der Waals surface area (Å²) in [6, 6.07) is 10.8. The molecular formula is C20H19NO3. The summed E-state index contributed by atoms with van der Waals surface area (Å²) in [6.45, 7) is 0. The Morgan fingerprint density at radius 3 is 2.58 bits per heavy atom. The number of anilines is 1. The normalized spacial score (nSPS) is 14.7. The van der Waals surface area contributed by atoms with E-state index in [0.29, 0.717) is 0 Å². The van der Waals surface area contributed by atoms with Crippen LogP contribution < -0.4 is 9.64 Å². The van der Waals surface area contributed by atoms with E-state index in [4.69, 9.17) is 4.74 Å². The van der Waals surface area contributed by atoms with E-state index in [0.717, 1.165) is 28.1 Å². The van der Waals surface area contributed by atoms with Crippen LogP contribution in [0, 0.1) is 0 Å². The monoisotopic (exact) mass is 321 g/mol. The molecule has 0 aliphatic carbocycles. The molecule has 0 saturated heterocycles. The fraction of sp³-hybridized carbons (Fsp3) is 0.100. The highest BCUT2D eigenvalue weighted by Crippen LogP contribution is 2.34. The number of aromatic hydroxyl groups is 2. The number of nitrogens with zero attached hydrogens (tertiary/aromatic N) is 1. The Hall–Kier alpha value is -3.14. The van der Waals surface area contributed by atoms with Gasteiger partial charge in [-0.25, -0.2) is 0 Å². The molecule has 2 aromatic carbocycles. The van der Waals surface area contributed by atoms with Crippen LogP contribution in [0.25, 0.3) is 11.6 Å². The Morgan fingerprint density at radius 2 is 1.83 bits per heavy atom. The summed E-state index contributed by atoms with van der Waals surface area (Å²) < 4.78 is 5.61. The molecule has 0 radical (unpaired) electrons. The largest absolute Gasteiger partial charge is 0.504 e. The highest BCUT2D eigenvalue weighted by Gasteiger charge is 2.12. The molecule has 0 bridgehead atoms. The number of benzene rings is 2. The Kier molecular flexibility index (Phi) is 4.29. The van der Waals surface area contributed by atoms with Crippen molar-refractivity contribution in [1.82, 2.24) is 0 Å². The Bertz CT molecular complexity index is 848. The van der Waals surface area contributed by atoms with Crippen molar-refractivity contribution in [3.63, 3.8) is 0 Å². The summed E-state index contributed by atoms with van der Waals surface area (Å²) in [4.78, 5) is 2.03. The van der Waals surface area contributed by atoms with E-state index >= 15 is 0 Å². The van der Waals surface area contributed by atoms with E-state index < -0.39 is 0 Å². The lowest BCUT2D eigenvalue weighted by molar-refractivity contribution is 0.403. The Labute approximate surface area is 141 Å². The molecule has 0 spiro atoms. The second-order valence-corrected chi connectivity index (χ2v) is 5.72. The molecule has 0 atom stereocenters. The van der Waals surface area contributed by atoms with Crippen molar-refractivity contribution in [2.75, 3.05) is 19.0 Å². The Morgan fingerprint density at radius 1 is 1.00 bits per heavy atom. The third-order valence-corrected chi connectivity index (χ3v) is 3.80. The van der Waals surface area contributed by atoms with Crippen LogP contribution in [-0.4, -0.2) is 24.3 Å². The van der Waals surface area contributed by atoms with Crippen LogP contribution in [0.3, 0.4) is 0 Å². The van der Waals surface area contributed by atoms with Gasteiger partial charge in [0, 0.05) is 31.4 Å². The van der Waals surface area contributed by atoms with Gasteiger partial charge in [-0.15, -0.1) is 0 Å². The van der Waals surface area contributed by atoms with E-state index in [2.05, 4.69) is 6.07 Å². The van der Waals surface area contributed by atoms with Gasteiger partial charge < -0.3 is 19.8 Å². The number of hydrogen-bond acceptors (Lipinski definition) is 4. The lowest BCUT2D eigenvalue weighted by atomic mass is 10.0. The summed E-state index contributed by atoms with van der Waals surface area (Å²) in [7, 11) is 3.99. The van der Waals surface area contributed by atoms with Crippen molar-refractivity contribution in [2.45, 2.75) is 0 Å². The number of phenolic OH excluding ortho intramolecular Hbond substituents is 2. The van der Waals surface area contributed by atoms with Crippen molar-refractivity contribution < 1.29 is 14.9 Å². The first-order chi connectivity index (χ1) is 11.5. The average Bonchev–Trinajstić information content (AvgIpc) is 2.57. The van der Waals surface area contributed by atoms with Crippen LogP contribution in [0.1, 0.15) is 11.1 Å². The molecule has 4 heteroatoms. The minimum Gasteiger partial charge on any atom is -0.504 e. The first-order valence-corrected chi connectivity index (χ1v) is 7.60. The maximum Gasteiger partial charge on any atom is 0.157 e. The molecule has 0 amide bonds. The third kappa shape index (κ3) is 3.27. The van der Waals surface area contributed by atoms with E-state index in [9.17, 15) is 10.2 Å². The first kappa shape index (κ1) is 15.7. The molecule has 0 aromatic heterocycles. The molecule has 1 heterocycles. The van der Waals surface area contributed by atoms with E-state index in [1.54, 1.807) is 12.3 Å². The quantitative estimate of drug-likeness (QED) is 0.833. The lowest BCUT2D eigenvalue weighted by Gasteiger charge is -2.18. The van der Waals surface area contributed by atoms with Crippen LogP contribution >= 0.6 is 0 Å². The summed E-state index contributed by atoms with van der Waals surface area (Å²) in [5, 5.41) is 18.8. The van der Waals surface area contributed by atoms with Crippen molar-refractivity contribution in [2.24, 2.45) is 0 Å². The van der Waals surface area contributed by atoms with Crippen LogP contribution in [0.15, 0.2) is 60.9 Å². The number of allylic oxidation sites excluding steroid dienone is 4. The fourth-order valence-corrected chi connectivity index (χ4v) is 2.45. The molecule has 1 aliphatic rings. The van der Waals surface area contributed by atoms with Gasteiger partial charge >= 0.3 is 0 Å². The number of fused-ring (bicyclic) bond motifs is 1.